The topological polar surface area (TPSA) is 86.8 Å². The average Bonchev–Trinajstić information content (AvgIpc) is 3.29. The van der Waals surface area contributed by atoms with Crippen molar-refractivity contribution in [2.24, 2.45) is 0 Å². The first-order valence-electron chi connectivity index (χ1n) is 11.5. The van der Waals surface area contributed by atoms with Crippen LogP contribution in [0.5, 0.6) is 0 Å². The molecule has 0 radical (unpaired) electrons. The third kappa shape index (κ3) is 7.54. The van der Waals surface area contributed by atoms with E-state index in [9.17, 15) is 18.0 Å². The zero-order valence-electron chi connectivity index (χ0n) is 20.1. The Morgan fingerprint density at radius 2 is 1.80 bits per heavy atom. The maximum Gasteiger partial charge on any atom is 0.244 e. The number of aryl methyl sites for hydroxylation is 1. The first-order chi connectivity index (χ1) is 16.5. The third-order valence-electron chi connectivity index (χ3n) is 6.22. The largest absolute Gasteiger partial charge is 0.352 e. The lowest BCUT2D eigenvalue weighted by molar-refractivity contribution is -0.139. The normalized spacial score (nSPS) is 15.0. The second kappa shape index (κ2) is 11.9. The van der Waals surface area contributed by atoms with Gasteiger partial charge in [0.2, 0.25) is 21.8 Å². The summed E-state index contributed by atoms with van der Waals surface area (Å²) in [5.74, 6) is -0.685. The molecule has 0 aliphatic heterocycles. The van der Waals surface area contributed by atoms with Crippen molar-refractivity contribution in [2.45, 2.75) is 58.2 Å². The molecule has 1 saturated carbocycles. The minimum absolute atomic E-state index is 0.117. The smallest absolute Gasteiger partial charge is 0.244 e. The molecule has 1 aliphatic carbocycles. The van der Waals surface area contributed by atoms with Gasteiger partial charge in [0.25, 0.3) is 0 Å². The number of rotatable bonds is 9. The van der Waals surface area contributed by atoms with Crippen molar-refractivity contribution in [1.29, 1.82) is 0 Å². The van der Waals surface area contributed by atoms with Crippen molar-refractivity contribution in [1.82, 2.24) is 10.2 Å². The van der Waals surface area contributed by atoms with Crippen LogP contribution in [0.15, 0.2) is 51.4 Å². The zero-order valence-corrected chi connectivity index (χ0v) is 24.1. The fourth-order valence-electron chi connectivity index (χ4n) is 4.20. The lowest BCUT2D eigenvalue weighted by atomic mass is 10.1. The van der Waals surface area contributed by atoms with Crippen LogP contribution in [0.25, 0.3) is 0 Å². The van der Waals surface area contributed by atoms with Crippen LogP contribution >= 0.6 is 31.9 Å². The maximum atomic E-state index is 13.6. The van der Waals surface area contributed by atoms with Crippen molar-refractivity contribution < 1.29 is 18.0 Å². The lowest BCUT2D eigenvalue weighted by Crippen LogP contribution is -2.52. The number of hydrogen-bond acceptors (Lipinski definition) is 4. The molecule has 0 bridgehead atoms. The number of anilines is 1. The van der Waals surface area contributed by atoms with Crippen LogP contribution in [0.3, 0.4) is 0 Å². The van der Waals surface area contributed by atoms with Gasteiger partial charge >= 0.3 is 0 Å². The molecule has 0 saturated heterocycles. The molecule has 10 heteroatoms. The van der Waals surface area contributed by atoms with Crippen LogP contribution in [-0.2, 0) is 26.2 Å². The predicted molar refractivity (Wildman–Crippen MR) is 146 cm³/mol. The Hall–Kier alpha value is -1.91. The molecule has 190 valence electrons. The Labute approximate surface area is 224 Å². The van der Waals surface area contributed by atoms with Gasteiger partial charge in [-0.15, -0.1) is 0 Å². The van der Waals surface area contributed by atoms with Gasteiger partial charge < -0.3 is 10.2 Å². The van der Waals surface area contributed by atoms with E-state index in [1.165, 1.54) is 4.90 Å². The minimum Gasteiger partial charge on any atom is -0.352 e. The van der Waals surface area contributed by atoms with E-state index in [1.807, 2.05) is 31.2 Å². The summed E-state index contributed by atoms with van der Waals surface area (Å²) in [6.07, 6.45) is 5.10. The van der Waals surface area contributed by atoms with E-state index in [4.69, 9.17) is 0 Å². The summed E-state index contributed by atoms with van der Waals surface area (Å²) in [7, 11) is -3.76. The highest BCUT2D eigenvalue weighted by molar-refractivity contribution is 9.10. The lowest BCUT2D eigenvalue weighted by Gasteiger charge is -2.32. The summed E-state index contributed by atoms with van der Waals surface area (Å²) in [4.78, 5) is 28.2. The van der Waals surface area contributed by atoms with Gasteiger partial charge in [-0.25, -0.2) is 8.42 Å². The number of hydrogen-bond donors (Lipinski definition) is 1. The summed E-state index contributed by atoms with van der Waals surface area (Å²) < 4.78 is 28.1. The molecule has 0 spiro atoms. The van der Waals surface area contributed by atoms with Crippen molar-refractivity contribution in [3.63, 3.8) is 0 Å². The predicted octanol–water partition coefficient (Wildman–Crippen LogP) is 4.76. The standard InChI is InChI=1S/C25H31Br2N3O4S/c1-17-13-22(11-12-23(17)27)30(35(3,33)34)16-24(31)29(15-19-7-6-8-20(26)14-19)18(2)25(32)28-21-9-4-5-10-21/h6-8,11-14,18,21H,4-5,9-10,15-16H2,1-3H3,(H,28,32). The highest BCUT2D eigenvalue weighted by atomic mass is 79.9. The third-order valence-corrected chi connectivity index (χ3v) is 8.74. The van der Waals surface area contributed by atoms with E-state index in [-0.39, 0.29) is 18.5 Å². The Balaban J connectivity index is 1.89. The second-order valence-corrected chi connectivity index (χ2v) is 12.7. The van der Waals surface area contributed by atoms with Crippen LogP contribution in [0.1, 0.15) is 43.7 Å². The van der Waals surface area contributed by atoms with Gasteiger partial charge in [-0.05, 0) is 68.1 Å². The van der Waals surface area contributed by atoms with Crippen molar-refractivity contribution in [2.75, 3.05) is 17.1 Å². The number of halogens is 2. The summed E-state index contributed by atoms with van der Waals surface area (Å²) in [6, 6.07) is 12.0. The molecular weight excluding hydrogens is 598 g/mol. The molecule has 1 fully saturated rings. The van der Waals surface area contributed by atoms with E-state index in [0.29, 0.717) is 5.69 Å². The van der Waals surface area contributed by atoms with Gasteiger partial charge in [-0.1, -0.05) is 56.8 Å². The van der Waals surface area contributed by atoms with Crippen LogP contribution in [0.4, 0.5) is 5.69 Å². The Bertz CT molecular complexity index is 1180. The number of carbonyl (C=O) groups is 2. The molecule has 2 aromatic carbocycles. The fourth-order valence-corrected chi connectivity index (χ4v) is 5.74. The molecule has 1 N–H and O–H groups in total. The van der Waals surface area contributed by atoms with E-state index >= 15 is 0 Å². The summed E-state index contributed by atoms with van der Waals surface area (Å²) >= 11 is 6.87. The van der Waals surface area contributed by atoms with Crippen LogP contribution in [0.2, 0.25) is 0 Å². The van der Waals surface area contributed by atoms with Gasteiger partial charge in [0.1, 0.15) is 12.6 Å². The monoisotopic (exact) mass is 627 g/mol. The Morgan fingerprint density at radius 1 is 1.11 bits per heavy atom. The fraction of sp³-hybridized carbons (Fsp3) is 0.440. The zero-order chi connectivity index (χ0) is 25.8. The number of nitrogens with zero attached hydrogens (tertiary/aromatic N) is 2. The summed E-state index contributed by atoms with van der Waals surface area (Å²) in [6.45, 7) is 3.31. The average molecular weight is 629 g/mol. The van der Waals surface area contributed by atoms with Gasteiger partial charge in [-0.2, -0.15) is 0 Å². The molecule has 0 aromatic heterocycles. The first-order valence-corrected chi connectivity index (χ1v) is 15.0. The molecule has 35 heavy (non-hydrogen) atoms. The number of amides is 2. The molecule has 1 atom stereocenters. The van der Waals surface area contributed by atoms with E-state index in [1.54, 1.807) is 25.1 Å². The van der Waals surface area contributed by atoms with E-state index in [2.05, 4.69) is 37.2 Å². The van der Waals surface area contributed by atoms with Crippen molar-refractivity contribution in [3.05, 3.63) is 62.5 Å². The number of carbonyl (C=O) groups excluding carboxylic acids is 2. The van der Waals surface area contributed by atoms with E-state index in [0.717, 1.165) is 56.3 Å². The highest BCUT2D eigenvalue weighted by Gasteiger charge is 2.31. The van der Waals surface area contributed by atoms with Gasteiger partial charge in [0.05, 0.1) is 11.9 Å². The van der Waals surface area contributed by atoms with Gasteiger partial charge in [0.15, 0.2) is 0 Å². The summed E-state index contributed by atoms with van der Waals surface area (Å²) in [5, 5.41) is 3.06. The Morgan fingerprint density at radius 3 is 2.40 bits per heavy atom. The van der Waals surface area contributed by atoms with Crippen LogP contribution in [0, 0.1) is 6.92 Å². The molecular formula is C25H31Br2N3O4S. The minimum atomic E-state index is -3.76. The van der Waals surface area contributed by atoms with Crippen LogP contribution < -0.4 is 9.62 Å². The summed E-state index contributed by atoms with van der Waals surface area (Å²) in [5.41, 5.74) is 2.07. The highest BCUT2D eigenvalue weighted by Crippen LogP contribution is 2.25. The number of nitrogens with one attached hydrogen (secondary N) is 1. The Kier molecular flexibility index (Phi) is 9.40. The van der Waals surface area contributed by atoms with Gasteiger partial charge in [0, 0.05) is 21.5 Å². The quantitative estimate of drug-likeness (QED) is 0.434. The molecule has 7 nitrogen and oxygen atoms in total. The molecule has 3 rings (SSSR count). The molecule has 2 amide bonds. The SMILES string of the molecule is Cc1cc(N(CC(=O)N(Cc2cccc(Br)c2)C(C)C(=O)NC2CCCC2)S(C)(=O)=O)ccc1Br. The molecule has 2 aromatic rings. The van der Waals surface area contributed by atoms with Crippen molar-refractivity contribution in [3.8, 4) is 0 Å². The molecule has 0 heterocycles. The second-order valence-electron chi connectivity index (χ2n) is 9.02. The van der Waals surface area contributed by atoms with Crippen molar-refractivity contribution >= 4 is 59.4 Å². The number of benzene rings is 2. The van der Waals surface area contributed by atoms with E-state index < -0.39 is 28.5 Å². The number of sulfonamides is 1. The van der Waals surface area contributed by atoms with Gasteiger partial charge in [-0.3, -0.25) is 13.9 Å². The molecule has 1 unspecified atom stereocenters. The maximum absolute atomic E-state index is 13.6. The first kappa shape index (κ1) is 27.7. The van der Waals surface area contributed by atoms with Crippen LogP contribution in [-0.4, -0.2) is 50.0 Å². The molecule has 1 aliphatic rings.